The van der Waals surface area contributed by atoms with Gasteiger partial charge in [0.2, 0.25) is 5.91 Å². The number of hydrogen-bond donors (Lipinski definition) is 1. The van der Waals surface area contributed by atoms with Crippen LogP contribution in [-0.2, 0) is 4.79 Å². The molecule has 1 fully saturated rings. The van der Waals surface area contributed by atoms with Crippen LogP contribution in [0.2, 0.25) is 0 Å². The normalized spacial score (nSPS) is 21.4. The van der Waals surface area contributed by atoms with Gasteiger partial charge in [-0.25, -0.2) is 8.78 Å². The van der Waals surface area contributed by atoms with Crippen molar-refractivity contribution in [2.24, 2.45) is 0 Å². The van der Waals surface area contributed by atoms with Gasteiger partial charge in [-0.3, -0.25) is 4.79 Å². The van der Waals surface area contributed by atoms with Gasteiger partial charge in [0.25, 0.3) is 0 Å². The molecule has 1 aliphatic rings. The topological polar surface area (TPSA) is 29.1 Å². The lowest BCUT2D eigenvalue weighted by molar-refractivity contribution is -0.120. The van der Waals surface area contributed by atoms with Crippen LogP contribution in [0.5, 0.6) is 0 Å². The molecule has 1 heterocycles. The Hall–Kier alpha value is -1.45. The van der Waals surface area contributed by atoms with Crippen molar-refractivity contribution < 1.29 is 13.6 Å². The van der Waals surface area contributed by atoms with E-state index in [1.54, 1.807) is 6.07 Å². The standard InChI is InChI=1S/C12H13F2NO/c13-10-5-2-4-9(12(10)14)8-3-1-6-11(16)15-7-8/h2,4-5,8H,1,3,6-7H2,(H,15,16)/t8-/m0/s1. The number of rotatable bonds is 1. The van der Waals surface area contributed by atoms with Crippen LogP contribution in [0, 0.1) is 11.6 Å². The fourth-order valence-corrected chi connectivity index (χ4v) is 2.04. The monoisotopic (exact) mass is 225 g/mol. The van der Waals surface area contributed by atoms with Gasteiger partial charge < -0.3 is 5.32 Å². The molecule has 0 bridgehead atoms. The van der Waals surface area contributed by atoms with Crippen molar-refractivity contribution in [3.05, 3.63) is 35.4 Å². The van der Waals surface area contributed by atoms with E-state index in [2.05, 4.69) is 5.32 Å². The van der Waals surface area contributed by atoms with Gasteiger partial charge in [-0.1, -0.05) is 12.1 Å². The molecule has 0 radical (unpaired) electrons. The lowest BCUT2D eigenvalue weighted by atomic mass is 9.94. The fourth-order valence-electron chi connectivity index (χ4n) is 2.04. The van der Waals surface area contributed by atoms with E-state index in [4.69, 9.17) is 0 Å². The maximum absolute atomic E-state index is 13.5. The second-order valence-corrected chi connectivity index (χ2v) is 4.04. The van der Waals surface area contributed by atoms with Crippen molar-refractivity contribution in [2.45, 2.75) is 25.2 Å². The van der Waals surface area contributed by atoms with Crippen LogP contribution in [0.15, 0.2) is 18.2 Å². The van der Waals surface area contributed by atoms with Crippen LogP contribution in [0.4, 0.5) is 8.78 Å². The number of halogens is 2. The Bertz CT molecular complexity index is 406. The summed E-state index contributed by atoms with van der Waals surface area (Å²) in [6.07, 6.45) is 1.89. The molecule has 1 aliphatic heterocycles. The van der Waals surface area contributed by atoms with E-state index in [1.807, 2.05) is 0 Å². The molecule has 1 saturated heterocycles. The maximum Gasteiger partial charge on any atom is 0.220 e. The zero-order chi connectivity index (χ0) is 11.5. The minimum atomic E-state index is -0.826. The quantitative estimate of drug-likeness (QED) is 0.781. The molecule has 2 rings (SSSR count). The van der Waals surface area contributed by atoms with Crippen molar-refractivity contribution in [1.29, 1.82) is 0 Å². The molecule has 0 aliphatic carbocycles. The van der Waals surface area contributed by atoms with Gasteiger partial charge in [0, 0.05) is 18.9 Å². The molecular weight excluding hydrogens is 212 g/mol. The van der Waals surface area contributed by atoms with Crippen LogP contribution in [0.25, 0.3) is 0 Å². The summed E-state index contributed by atoms with van der Waals surface area (Å²) in [7, 11) is 0. The highest BCUT2D eigenvalue weighted by Gasteiger charge is 2.21. The zero-order valence-corrected chi connectivity index (χ0v) is 8.80. The maximum atomic E-state index is 13.5. The first-order valence-electron chi connectivity index (χ1n) is 5.39. The Morgan fingerprint density at radius 2 is 2.12 bits per heavy atom. The summed E-state index contributed by atoms with van der Waals surface area (Å²) in [5.74, 6) is -1.75. The van der Waals surface area contributed by atoms with Crippen LogP contribution in [0.1, 0.15) is 30.7 Å². The summed E-state index contributed by atoms with van der Waals surface area (Å²) in [5, 5.41) is 2.71. The van der Waals surface area contributed by atoms with Crippen molar-refractivity contribution in [2.75, 3.05) is 6.54 Å². The third kappa shape index (κ3) is 2.21. The molecule has 0 unspecified atom stereocenters. The van der Waals surface area contributed by atoms with Crippen molar-refractivity contribution in [3.8, 4) is 0 Å². The van der Waals surface area contributed by atoms with E-state index < -0.39 is 11.6 Å². The Morgan fingerprint density at radius 3 is 2.94 bits per heavy atom. The Balaban J connectivity index is 2.23. The first-order valence-corrected chi connectivity index (χ1v) is 5.39. The number of nitrogens with one attached hydrogen (secondary N) is 1. The first-order chi connectivity index (χ1) is 7.68. The fraction of sp³-hybridized carbons (Fsp3) is 0.417. The largest absolute Gasteiger partial charge is 0.355 e. The molecule has 1 N–H and O–H groups in total. The van der Waals surface area contributed by atoms with E-state index in [0.29, 0.717) is 31.4 Å². The summed E-state index contributed by atoms with van der Waals surface area (Å²) >= 11 is 0. The molecule has 16 heavy (non-hydrogen) atoms. The molecule has 2 nitrogen and oxygen atoms in total. The van der Waals surface area contributed by atoms with Gasteiger partial charge in [-0.2, -0.15) is 0 Å². The lowest BCUT2D eigenvalue weighted by Gasteiger charge is -2.15. The second-order valence-electron chi connectivity index (χ2n) is 4.04. The van der Waals surface area contributed by atoms with Gasteiger partial charge >= 0.3 is 0 Å². The number of amides is 1. The van der Waals surface area contributed by atoms with E-state index in [0.717, 1.165) is 6.07 Å². The lowest BCUT2D eigenvalue weighted by Crippen LogP contribution is -2.25. The number of carbonyl (C=O) groups is 1. The summed E-state index contributed by atoms with van der Waals surface area (Å²) < 4.78 is 26.6. The van der Waals surface area contributed by atoms with Crippen molar-refractivity contribution in [3.63, 3.8) is 0 Å². The molecule has 1 aromatic rings. The van der Waals surface area contributed by atoms with E-state index in [1.165, 1.54) is 6.07 Å². The molecule has 0 aromatic heterocycles. The van der Waals surface area contributed by atoms with Gasteiger partial charge in [0.15, 0.2) is 11.6 Å². The Morgan fingerprint density at radius 1 is 1.31 bits per heavy atom. The highest BCUT2D eigenvalue weighted by molar-refractivity contribution is 5.76. The number of benzene rings is 1. The first kappa shape index (κ1) is 11.0. The average Bonchev–Trinajstić information content (AvgIpc) is 2.47. The van der Waals surface area contributed by atoms with Crippen LogP contribution in [-0.4, -0.2) is 12.5 Å². The van der Waals surface area contributed by atoms with Crippen LogP contribution < -0.4 is 5.32 Å². The molecule has 0 spiro atoms. The molecule has 86 valence electrons. The second kappa shape index (κ2) is 4.60. The van der Waals surface area contributed by atoms with E-state index >= 15 is 0 Å². The predicted molar refractivity (Wildman–Crippen MR) is 56.0 cm³/mol. The van der Waals surface area contributed by atoms with Gasteiger partial charge in [0.05, 0.1) is 0 Å². The molecule has 1 amide bonds. The predicted octanol–water partition coefficient (Wildman–Crippen LogP) is 2.35. The van der Waals surface area contributed by atoms with Gasteiger partial charge in [-0.15, -0.1) is 0 Å². The van der Waals surface area contributed by atoms with Crippen LogP contribution >= 0.6 is 0 Å². The molecule has 1 atom stereocenters. The zero-order valence-electron chi connectivity index (χ0n) is 8.80. The summed E-state index contributed by atoms with van der Waals surface area (Å²) in [5.41, 5.74) is 0.363. The Kier molecular flexibility index (Phi) is 3.17. The van der Waals surface area contributed by atoms with Crippen molar-refractivity contribution >= 4 is 5.91 Å². The minimum absolute atomic E-state index is 0.0145. The Labute approximate surface area is 92.7 Å². The smallest absolute Gasteiger partial charge is 0.220 e. The van der Waals surface area contributed by atoms with Gasteiger partial charge in [0.1, 0.15) is 0 Å². The minimum Gasteiger partial charge on any atom is -0.355 e. The summed E-state index contributed by atoms with van der Waals surface area (Å²) in [6.45, 7) is 0.388. The third-order valence-electron chi connectivity index (χ3n) is 2.92. The number of hydrogen-bond acceptors (Lipinski definition) is 1. The average molecular weight is 225 g/mol. The van der Waals surface area contributed by atoms with Crippen LogP contribution in [0.3, 0.4) is 0 Å². The van der Waals surface area contributed by atoms with E-state index in [9.17, 15) is 13.6 Å². The molecule has 4 heteroatoms. The molecule has 1 aromatic carbocycles. The highest BCUT2D eigenvalue weighted by Crippen LogP contribution is 2.26. The van der Waals surface area contributed by atoms with Crippen molar-refractivity contribution in [1.82, 2.24) is 5.32 Å². The molecular formula is C12H13F2NO. The number of carbonyl (C=O) groups excluding carboxylic acids is 1. The third-order valence-corrected chi connectivity index (χ3v) is 2.92. The van der Waals surface area contributed by atoms with E-state index in [-0.39, 0.29) is 11.8 Å². The highest BCUT2D eigenvalue weighted by atomic mass is 19.2. The summed E-state index contributed by atoms with van der Waals surface area (Å²) in [4.78, 5) is 11.1. The van der Waals surface area contributed by atoms with Gasteiger partial charge in [-0.05, 0) is 24.5 Å². The molecule has 0 saturated carbocycles. The SMILES string of the molecule is O=C1CCC[C@H](c2cccc(F)c2F)CN1. The summed E-state index contributed by atoms with van der Waals surface area (Å²) in [6, 6.07) is 4.19.